The number of amides is 1. The van der Waals surface area contributed by atoms with Gasteiger partial charge in [-0.3, -0.25) is 4.79 Å². The minimum atomic E-state index is 0.00169. The molecule has 4 bridgehead atoms. The van der Waals surface area contributed by atoms with Crippen LogP contribution in [0.4, 0.5) is 0 Å². The lowest BCUT2D eigenvalue weighted by Gasteiger charge is -2.62. The Morgan fingerprint density at radius 3 is 2.43 bits per heavy atom. The standard InChI is InChI=1S/C18H22ClNO/c19-11-16(21)20-18-9-13-6-14(10-18)8-17(7-13,12-18)15-4-2-1-3-5-15/h1-5,13-14H,6-12H2,(H,20,21). The average molecular weight is 304 g/mol. The second-order valence-electron chi connectivity index (χ2n) is 7.57. The van der Waals surface area contributed by atoms with Gasteiger partial charge in [-0.05, 0) is 61.3 Å². The highest BCUT2D eigenvalue weighted by Crippen LogP contribution is 2.62. The third-order valence-electron chi connectivity index (χ3n) is 5.97. The second-order valence-corrected chi connectivity index (χ2v) is 7.84. The summed E-state index contributed by atoms with van der Waals surface area (Å²) in [6.07, 6.45) is 7.35. The van der Waals surface area contributed by atoms with Crippen LogP contribution in [0.15, 0.2) is 30.3 Å². The van der Waals surface area contributed by atoms with Crippen LogP contribution in [-0.2, 0) is 10.2 Å². The molecule has 4 aliphatic rings. The molecule has 21 heavy (non-hydrogen) atoms. The van der Waals surface area contributed by atoms with Gasteiger partial charge in [0.2, 0.25) is 5.91 Å². The van der Waals surface area contributed by atoms with Crippen molar-refractivity contribution in [3.05, 3.63) is 35.9 Å². The van der Waals surface area contributed by atoms with Crippen molar-refractivity contribution in [1.82, 2.24) is 5.32 Å². The van der Waals surface area contributed by atoms with Crippen LogP contribution >= 0.6 is 11.6 Å². The number of alkyl halides is 1. The number of carbonyl (C=O) groups excluding carboxylic acids is 1. The van der Waals surface area contributed by atoms with Crippen molar-refractivity contribution >= 4 is 17.5 Å². The van der Waals surface area contributed by atoms with E-state index in [9.17, 15) is 4.79 Å². The number of rotatable bonds is 3. The normalized spacial score (nSPS) is 40.2. The molecule has 1 aromatic carbocycles. The molecule has 2 nitrogen and oxygen atoms in total. The van der Waals surface area contributed by atoms with E-state index >= 15 is 0 Å². The molecule has 4 fully saturated rings. The number of nitrogens with one attached hydrogen (secondary N) is 1. The number of hydrogen-bond acceptors (Lipinski definition) is 1. The Hall–Kier alpha value is -1.02. The van der Waals surface area contributed by atoms with E-state index in [1.165, 1.54) is 24.8 Å². The molecular weight excluding hydrogens is 282 g/mol. The zero-order valence-corrected chi connectivity index (χ0v) is 13.0. The maximum absolute atomic E-state index is 11.9. The average Bonchev–Trinajstić information content (AvgIpc) is 2.46. The number of benzene rings is 1. The minimum Gasteiger partial charge on any atom is -0.350 e. The van der Waals surface area contributed by atoms with Crippen LogP contribution in [0.2, 0.25) is 0 Å². The summed E-state index contributed by atoms with van der Waals surface area (Å²) in [5, 5.41) is 3.30. The Labute approximate surface area is 131 Å². The lowest BCUT2D eigenvalue weighted by molar-refractivity contribution is -0.125. The summed E-state index contributed by atoms with van der Waals surface area (Å²) in [7, 11) is 0. The Morgan fingerprint density at radius 2 is 1.81 bits per heavy atom. The second kappa shape index (κ2) is 4.74. The number of halogens is 1. The van der Waals surface area contributed by atoms with Gasteiger partial charge in [0.05, 0.1) is 0 Å². The molecule has 0 radical (unpaired) electrons. The van der Waals surface area contributed by atoms with Crippen molar-refractivity contribution < 1.29 is 4.79 Å². The van der Waals surface area contributed by atoms with E-state index in [0.29, 0.717) is 0 Å². The molecule has 0 spiro atoms. The molecule has 0 heterocycles. The summed E-state index contributed by atoms with van der Waals surface area (Å²) in [6, 6.07) is 11.0. The fourth-order valence-corrected chi connectivity index (χ4v) is 5.93. The van der Waals surface area contributed by atoms with Crippen molar-refractivity contribution in [2.45, 2.75) is 49.5 Å². The van der Waals surface area contributed by atoms with E-state index in [-0.39, 0.29) is 22.7 Å². The first-order valence-corrected chi connectivity index (χ1v) is 8.59. The van der Waals surface area contributed by atoms with Crippen LogP contribution in [0.1, 0.15) is 44.1 Å². The van der Waals surface area contributed by atoms with Crippen molar-refractivity contribution in [2.24, 2.45) is 11.8 Å². The predicted molar refractivity (Wildman–Crippen MR) is 84.4 cm³/mol. The highest BCUT2D eigenvalue weighted by atomic mass is 35.5. The van der Waals surface area contributed by atoms with Gasteiger partial charge in [-0.25, -0.2) is 0 Å². The molecule has 0 aliphatic heterocycles. The first kappa shape index (κ1) is 13.6. The zero-order chi connectivity index (χ0) is 14.5. The lowest BCUT2D eigenvalue weighted by Crippen LogP contribution is -2.64. The summed E-state index contributed by atoms with van der Waals surface area (Å²) in [4.78, 5) is 11.9. The van der Waals surface area contributed by atoms with Gasteiger partial charge < -0.3 is 5.32 Å². The van der Waals surface area contributed by atoms with Gasteiger partial charge in [0.15, 0.2) is 0 Å². The van der Waals surface area contributed by atoms with Gasteiger partial charge in [0, 0.05) is 5.54 Å². The van der Waals surface area contributed by atoms with E-state index in [4.69, 9.17) is 11.6 Å². The van der Waals surface area contributed by atoms with Crippen LogP contribution in [0.25, 0.3) is 0 Å². The van der Waals surface area contributed by atoms with Crippen molar-refractivity contribution in [1.29, 1.82) is 0 Å². The molecule has 0 aromatic heterocycles. The minimum absolute atomic E-state index is 0.00169. The van der Waals surface area contributed by atoms with Gasteiger partial charge in [0.1, 0.15) is 5.88 Å². The Balaban J connectivity index is 1.70. The van der Waals surface area contributed by atoms with E-state index in [0.717, 1.165) is 31.1 Å². The smallest absolute Gasteiger partial charge is 0.235 e. The molecule has 1 amide bonds. The van der Waals surface area contributed by atoms with Gasteiger partial charge in [-0.1, -0.05) is 30.3 Å². The van der Waals surface area contributed by atoms with Crippen LogP contribution in [0.5, 0.6) is 0 Å². The molecule has 112 valence electrons. The molecule has 4 saturated carbocycles. The highest BCUT2D eigenvalue weighted by Gasteiger charge is 2.58. The monoisotopic (exact) mass is 303 g/mol. The molecule has 1 aromatic rings. The topological polar surface area (TPSA) is 29.1 Å². The molecule has 3 heteroatoms. The van der Waals surface area contributed by atoms with E-state index in [1.807, 2.05) is 0 Å². The van der Waals surface area contributed by atoms with Gasteiger partial charge in [0.25, 0.3) is 0 Å². The molecule has 4 aliphatic carbocycles. The zero-order valence-electron chi connectivity index (χ0n) is 12.3. The van der Waals surface area contributed by atoms with E-state index in [2.05, 4.69) is 35.6 Å². The fraction of sp³-hybridized carbons (Fsp3) is 0.611. The quantitative estimate of drug-likeness (QED) is 0.849. The maximum atomic E-state index is 11.9. The van der Waals surface area contributed by atoms with Gasteiger partial charge >= 0.3 is 0 Å². The Morgan fingerprint density at radius 1 is 1.14 bits per heavy atom. The van der Waals surface area contributed by atoms with Gasteiger partial charge in [-0.2, -0.15) is 0 Å². The Kier molecular flexibility index (Phi) is 3.08. The molecule has 0 saturated heterocycles. The van der Waals surface area contributed by atoms with E-state index < -0.39 is 0 Å². The van der Waals surface area contributed by atoms with Crippen molar-refractivity contribution in [3.63, 3.8) is 0 Å². The van der Waals surface area contributed by atoms with E-state index in [1.54, 1.807) is 0 Å². The summed E-state index contributed by atoms with van der Waals surface area (Å²) >= 11 is 5.73. The highest BCUT2D eigenvalue weighted by molar-refractivity contribution is 6.27. The third kappa shape index (κ3) is 2.19. The van der Waals surface area contributed by atoms with Crippen LogP contribution in [0.3, 0.4) is 0 Å². The summed E-state index contributed by atoms with van der Waals surface area (Å²) in [5.74, 6) is 1.61. The number of hydrogen-bond donors (Lipinski definition) is 1. The molecular formula is C18H22ClNO. The summed E-state index contributed by atoms with van der Waals surface area (Å²) < 4.78 is 0. The SMILES string of the molecule is O=C(CCl)NC12CC3CC(C1)CC(c1ccccc1)(C3)C2. The predicted octanol–water partition coefficient (Wildman–Crippen LogP) is 3.63. The lowest BCUT2D eigenvalue weighted by atomic mass is 9.45. The Bertz CT molecular complexity index is 542. The summed E-state index contributed by atoms with van der Waals surface area (Å²) in [6.45, 7) is 0. The van der Waals surface area contributed by atoms with Crippen molar-refractivity contribution in [2.75, 3.05) is 5.88 Å². The van der Waals surface area contributed by atoms with Crippen LogP contribution in [0, 0.1) is 11.8 Å². The summed E-state index contributed by atoms with van der Waals surface area (Å²) in [5.41, 5.74) is 1.76. The largest absolute Gasteiger partial charge is 0.350 e. The molecule has 2 atom stereocenters. The third-order valence-corrected chi connectivity index (χ3v) is 6.22. The fourth-order valence-electron chi connectivity index (χ4n) is 5.87. The first-order chi connectivity index (χ1) is 10.1. The molecule has 1 N–H and O–H groups in total. The molecule has 2 unspecified atom stereocenters. The first-order valence-electron chi connectivity index (χ1n) is 8.06. The van der Waals surface area contributed by atoms with Crippen LogP contribution in [-0.4, -0.2) is 17.3 Å². The number of carbonyl (C=O) groups is 1. The maximum Gasteiger partial charge on any atom is 0.235 e. The van der Waals surface area contributed by atoms with Crippen LogP contribution < -0.4 is 5.32 Å². The van der Waals surface area contributed by atoms with Crippen molar-refractivity contribution in [3.8, 4) is 0 Å². The van der Waals surface area contributed by atoms with Gasteiger partial charge in [-0.15, -0.1) is 11.6 Å². The molecule has 5 rings (SSSR count).